The van der Waals surface area contributed by atoms with Crippen LogP contribution in [-0.2, 0) is 30.8 Å². The summed E-state index contributed by atoms with van der Waals surface area (Å²) < 4.78 is 68.3. The number of hydrogen-bond donors (Lipinski definition) is 1. The Balaban J connectivity index is 1.24. The molecule has 9 rings (SSSR count). The second-order valence-corrected chi connectivity index (χ2v) is 24.1. The van der Waals surface area contributed by atoms with Crippen LogP contribution in [0.4, 0.5) is 11.4 Å². The maximum absolute atomic E-state index is 15.4. The molecular weight excluding hydrogens is 1000 g/mol. The first-order valence-electron chi connectivity index (χ1n) is 23.0. The van der Waals surface area contributed by atoms with E-state index in [0.29, 0.717) is 24.1 Å². The number of sulfone groups is 1. The summed E-state index contributed by atoms with van der Waals surface area (Å²) >= 11 is 7.33. The molecule has 0 unspecified atom stereocenters. The molecule has 1 N–H and O–H groups in total. The summed E-state index contributed by atoms with van der Waals surface area (Å²) in [5, 5.41) is 4.56. The van der Waals surface area contributed by atoms with Gasteiger partial charge in [-0.2, -0.15) is 13.0 Å². The van der Waals surface area contributed by atoms with Gasteiger partial charge in [-0.25, -0.2) is 8.42 Å². The molecule has 2 aliphatic heterocycles. The number of unbranched alkanes of at least 4 members (excludes halogenated alkanes) is 3. The molecule has 0 radical (unpaired) electrons. The molecular formula is C56H55Br2N2O5S2+. The smallest absolute Gasteiger partial charge is 0.264 e. The fourth-order valence-electron chi connectivity index (χ4n) is 10.7. The molecule has 6 aromatic rings. The summed E-state index contributed by atoms with van der Waals surface area (Å²) in [6.45, 7) is 12.5. The Labute approximate surface area is 412 Å². The summed E-state index contributed by atoms with van der Waals surface area (Å²) in [5.74, 6) is -0.321. The third-order valence-electron chi connectivity index (χ3n) is 13.8. The average molecular weight is 1060 g/mol. The second-order valence-electron chi connectivity index (χ2n) is 18.9. The number of fused-ring (bicyclic) bond motifs is 7. The number of halogens is 2. The molecule has 344 valence electrons. The molecule has 1 aliphatic carbocycles. The first-order valence-corrected chi connectivity index (χ1v) is 27.7. The van der Waals surface area contributed by atoms with Gasteiger partial charge in [-0.15, -0.1) is 0 Å². The lowest BCUT2D eigenvalue weighted by Gasteiger charge is -2.27. The van der Waals surface area contributed by atoms with Gasteiger partial charge in [-0.3, -0.25) is 4.55 Å². The van der Waals surface area contributed by atoms with Gasteiger partial charge in [-0.05, 0) is 132 Å². The highest BCUT2D eigenvalue weighted by Crippen LogP contribution is 2.53. The summed E-state index contributed by atoms with van der Waals surface area (Å²) in [7, 11) is -8.22. The predicted octanol–water partition coefficient (Wildman–Crippen LogP) is 14.3. The molecule has 0 saturated carbocycles. The fourth-order valence-corrected chi connectivity index (χ4v) is 13.7. The van der Waals surface area contributed by atoms with Crippen LogP contribution in [-0.4, -0.2) is 50.5 Å². The van der Waals surface area contributed by atoms with E-state index >= 15 is 8.42 Å². The number of nitrogens with zero attached hydrogens (tertiary/aromatic N) is 2. The maximum Gasteiger partial charge on any atom is 0.264 e. The third kappa shape index (κ3) is 8.64. The van der Waals surface area contributed by atoms with Crippen molar-refractivity contribution in [3.05, 3.63) is 181 Å². The maximum atomic E-state index is 15.4. The van der Waals surface area contributed by atoms with Crippen LogP contribution in [0.3, 0.4) is 0 Å². The van der Waals surface area contributed by atoms with Crippen molar-refractivity contribution in [3.63, 3.8) is 0 Å². The monoisotopic (exact) mass is 1060 g/mol. The summed E-state index contributed by atoms with van der Waals surface area (Å²) in [5.41, 5.74) is 8.65. The Hall–Kier alpha value is -4.91. The Morgan fingerprint density at radius 2 is 1.31 bits per heavy atom. The van der Waals surface area contributed by atoms with Gasteiger partial charge in [0, 0.05) is 67.6 Å². The minimum atomic E-state index is -4.12. The molecule has 0 spiro atoms. The topological polar surface area (TPSA) is 94.8 Å². The van der Waals surface area contributed by atoms with E-state index < -0.39 is 30.8 Å². The highest BCUT2D eigenvalue weighted by Gasteiger charge is 2.46. The number of hydrogen-bond acceptors (Lipinski definition) is 5. The Morgan fingerprint density at radius 3 is 1.99 bits per heavy atom. The van der Waals surface area contributed by atoms with Gasteiger partial charge in [-0.1, -0.05) is 126 Å². The third-order valence-corrected chi connectivity index (χ3v) is 17.4. The number of anilines is 1. The van der Waals surface area contributed by atoms with Crippen molar-refractivity contribution in [2.75, 3.05) is 23.7 Å². The quantitative estimate of drug-likeness (QED) is 0.0663. The standard InChI is InChI=1S/C56H54Br2N2O5S2/c1-6-7-13-32-59-48-28-20-37-35-39(57)22-24-42(37)52(48)55(2,3)50(59)30-26-46-44-18-11-12-19-45(44)47(54(46)67(64,65)41-16-9-8-10-17-41)27-31-51-56(4,5)53-43-25-23-40(58)36-38(43)21-29-49(53)60(51)33-14-15-34-66(61,62)63/h8-12,16-31,35-36H,6-7,13-15,32-34H2,1-5H3/p+1. The molecule has 7 nitrogen and oxygen atoms in total. The van der Waals surface area contributed by atoms with Crippen molar-refractivity contribution < 1.29 is 26.0 Å². The molecule has 0 bridgehead atoms. The van der Waals surface area contributed by atoms with Crippen molar-refractivity contribution in [1.29, 1.82) is 0 Å². The van der Waals surface area contributed by atoms with E-state index in [2.05, 4.69) is 143 Å². The van der Waals surface area contributed by atoms with Gasteiger partial charge in [0.05, 0.1) is 21.0 Å². The first kappa shape index (κ1) is 47.2. The molecule has 6 aromatic carbocycles. The Morgan fingerprint density at radius 1 is 0.672 bits per heavy atom. The van der Waals surface area contributed by atoms with E-state index in [1.807, 2.05) is 48.6 Å². The van der Waals surface area contributed by atoms with E-state index in [0.717, 1.165) is 79.3 Å². The van der Waals surface area contributed by atoms with Crippen molar-refractivity contribution >= 4 is 102 Å². The van der Waals surface area contributed by atoms with Crippen LogP contribution in [0.5, 0.6) is 0 Å². The lowest BCUT2D eigenvalue weighted by molar-refractivity contribution is -0.438. The highest BCUT2D eigenvalue weighted by atomic mass is 79.9. The fraction of sp³-hybridized carbons (Fsp3) is 0.268. The predicted molar refractivity (Wildman–Crippen MR) is 284 cm³/mol. The molecule has 67 heavy (non-hydrogen) atoms. The second kappa shape index (κ2) is 18.2. The number of allylic oxidation sites excluding steroid dienone is 7. The molecule has 3 aliphatic rings. The van der Waals surface area contributed by atoms with Gasteiger partial charge in [0.2, 0.25) is 15.5 Å². The summed E-state index contributed by atoms with van der Waals surface area (Å²) in [6.07, 6.45) is 12.3. The SMILES string of the molecule is CCCCC[N+]1=C(/C=C/C2=C(S(=O)(=O)c3ccccc3)C(=C/C=C3/N(CCCCS(=O)(=O)O)c4ccc5cc(Br)ccc5c4C3(C)C)/c3ccccc32)C(C)(C)c2c1ccc1cc(Br)ccc21. The van der Waals surface area contributed by atoms with Crippen LogP contribution >= 0.6 is 31.9 Å². The van der Waals surface area contributed by atoms with Crippen molar-refractivity contribution in [3.8, 4) is 0 Å². The van der Waals surface area contributed by atoms with Crippen LogP contribution in [0.15, 0.2) is 164 Å². The minimum absolute atomic E-state index is 0.217. The van der Waals surface area contributed by atoms with E-state index in [9.17, 15) is 13.0 Å². The molecule has 11 heteroatoms. The Kier molecular flexibility index (Phi) is 12.8. The summed E-state index contributed by atoms with van der Waals surface area (Å²) in [4.78, 5) is 2.70. The van der Waals surface area contributed by atoms with Crippen LogP contribution in [0.25, 0.3) is 32.7 Å². The average Bonchev–Trinajstić information content (AvgIpc) is 3.81. The zero-order chi connectivity index (χ0) is 47.5. The van der Waals surface area contributed by atoms with E-state index in [1.165, 1.54) is 22.0 Å². The molecule has 0 fully saturated rings. The van der Waals surface area contributed by atoms with E-state index in [-0.39, 0.29) is 22.0 Å². The zero-order valence-corrected chi connectivity index (χ0v) is 43.3. The van der Waals surface area contributed by atoms with E-state index in [4.69, 9.17) is 0 Å². The van der Waals surface area contributed by atoms with E-state index in [1.54, 1.807) is 24.3 Å². The Bertz CT molecular complexity index is 3380. The molecule has 0 atom stereocenters. The van der Waals surface area contributed by atoms with Crippen molar-refractivity contribution in [2.24, 2.45) is 0 Å². The van der Waals surface area contributed by atoms with Crippen molar-refractivity contribution in [1.82, 2.24) is 0 Å². The van der Waals surface area contributed by atoms with Crippen LogP contribution in [0.2, 0.25) is 0 Å². The normalized spacial score (nSPS) is 17.8. The lowest BCUT2D eigenvalue weighted by Crippen LogP contribution is -2.28. The van der Waals surface area contributed by atoms with Crippen LogP contribution in [0.1, 0.15) is 89.0 Å². The van der Waals surface area contributed by atoms with Gasteiger partial charge in [0.1, 0.15) is 6.54 Å². The number of benzene rings is 6. The summed E-state index contributed by atoms with van der Waals surface area (Å²) in [6, 6.07) is 38.1. The largest absolute Gasteiger partial charge is 0.344 e. The van der Waals surface area contributed by atoms with Crippen LogP contribution in [0, 0.1) is 0 Å². The van der Waals surface area contributed by atoms with Gasteiger partial charge in [0.25, 0.3) is 10.1 Å². The molecule has 0 saturated heterocycles. The zero-order valence-electron chi connectivity index (χ0n) is 38.5. The number of rotatable bonds is 14. The molecule has 2 heterocycles. The van der Waals surface area contributed by atoms with Gasteiger partial charge in [0.15, 0.2) is 5.71 Å². The highest BCUT2D eigenvalue weighted by molar-refractivity contribution is 9.10. The first-order chi connectivity index (χ1) is 31.9. The van der Waals surface area contributed by atoms with Gasteiger partial charge >= 0.3 is 0 Å². The van der Waals surface area contributed by atoms with Crippen molar-refractivity contribution in [2.45, 2.75) is 82.4 Å². The van der Waals surface area contributed by atoms with Crippen LogP contribution < -0.4 is 4.90 Å². The molecule has 0 aromatic heterocycles. The van der Waals surface area contributed by atoms with Gasteiger partial charge < -0.3 is 4.90 Å². The molecule has 0 amide bonds. The minimum Gasteiger partial charge on any atom is -0.344 e. The lowest BCUT2D eigenvalue weighted by atomic mass is 9.79.